The van der Waals surface area contributed by atoms with Gasteiger partial charge in [-0.15, -0.1) is 10.2 Å². The molecule has 6 rings (SSSR count). The first kappa shape index (κ1) is 27.7. The number of rotatable bonds is 9. The third kappa shape index (κ3) is 5.43. The Morgan fingerprint density at radius 2 is 1.98 bits per heavy atom. The molecule has 42 heavy (non-hydrogen) atoms. The van der Waals surface area contributed by atoms with Crippen molar-refractivity contribution in [2.45, 2.75) is 35.6 Å². The summed E-state index contributed by atoms with van der Waals surface area (Å²) in [5.74, 6) is 0.127. The molecule has 3 aromatic carbocycles. The molecule has 2 atom stereocenters. The number of ketones is 1. The van der Waals surface area contributed by atoms with Crippen LogP contribution in [0.1, 0.15) is 35.2 Å². The minimum atomic E-state index is -0.944. The van der Waals surface area contributed by atoms with Gasteiger partial charge >= 0.3 is 5.91 Å². The first-order chi connectivity index (χ1) is 20.4. The largest absolute Gasteiger partial charge is 0.507 e. The highest BCUT2D eigenvalue weighted by atomic mass is 32.2. The zero-order chi connectivity index (χ0) is 29.2. The molecule has 212 valence electrons. The number of aromatic nitrogens is 2. The van der Waals surface area contributed by atoms with Gasteiger partial charge in [-0.05, 0) is 53.9 Å². The number of fused-ring (bicyclic) bond motifs is 1. The highest BCUT2D eigenvalue weighted by Gasteiger charge is 2.48. The Morgan fingerprint density at radius 3 is 2.79 bits per heavy atom. The quantitative estimate of drug-likeness (QED) is 0.0595. The molecular formula is C32H27N3O5S2. The normalized spacial score (nSPS) is 19.0. The molecule has 0 aliphatic carbocycles. The van der Waals surface area contributed by atoms with Crippen LogP contribution in [-0.4, -0.2) is 39.7 Å². The van der Waals surface area contributed by atoms with Gasteiger partial charge in [0.05, 0.1) is 11.6 Å². The summed E-state index contributed by atoms with van der Waals surface area (Å²) in [5, 5.41) is 20.4. The molecule has 3 heterocycles. The van der Waals surface area contributed by atoms with Crippen molar-refractivity contribution in [1.82, 2.24) is 10.2 Å². The molecule has 1 N–H and O–H groups in total. The van der Waals surface area contributed by atoms with Crippen LogP contribution in [0.3, 0.4) is 0 Å². The molecule has 0 saturated carbocycles. The molecular weight excluding hydrogens is 571 g/mol. The number of nitrogens with zero attached hydrogens (tertiary/aromatic N) is 3. The van der Waals surface area contributed by atoms with E-state index in [2.05, 4.69) is 16.8 Å². The molecule has 2 aliphatic rings. The molecule has 1 amide bonds. The van der Waals surface area contributed by atoms with Gasteiger partial charge in [-0.1, -0.05) is 78.2 Å². The van der Waals surface area contributed by atoms with E-state index in [1.54, 1.807) is 42.5 Å². The fourth-order valence-corrected chi connectivity index (χ4v) is 6.90. The van der Waals surface area contributed by atoms with Gasteiger partial charge in [0.15, 0.2) is 4.34 Å². The van der Waals surface area contributed by atoms with Crippen molar-refractivity contribution in [2.24, 2.45) is 0 Å². The van der Waals surface area contributed by atoms with Gasteiger partial charge in [0.1, 0.15) is 30.0 Å². The van der Waals surface area contributed by atoms with Crippen LogP contribution in [0, 0.1) is 0 Å². The average Bonchev–Trinajstić information content (AvgIpc) is 3.70. The molecule has 1 fully saturated rings. The van der Waals surface area contributed by atoms with Gasteiger partial charge in [-0.2, -0.15) is 0 Å². The number of hydrogen-bond donors (Lipinski definition) is 1. The predicted octanol–water partition coefficient (Wildman–Crippen LogP) is 6.34. The third-order valence-electron chi connectivity index (χ3n) is 6.96. The second kappa shape index (κ2) is 11.8. The molecule has 0 radical (unpaired) electrons. The topological polar surface area (TPSA) is 102 Å². The fourth-order valence-electron chi connectivity index (χ4n) is 5.08. The molecule has 1 saturated heterocycles. The zero-order valence-corrected chi connectivity index (χ0v) is 24.4. The van der Waals surface area contributed by atoms with Crippen LogP contribution in [0.15, 0.2) is 95.4 Å². The minimum absolute atomic E-state index is 0.0210. The molecule has 0 unspecified atom stereocenters. The number of Topliss-reactive ketones (excluding diaryl/α,β-unsaturated/α-hetero) is 1. The molecule has 8 nitrogen and oxygen atoms in total. The van der Waals surface area contributed by atoms with Gasteiger partial charge in [0, 0.05) is 17.7 Å². The van der Waals surface area contributed by atoms with E-state index in [4.69, 9.17) is 9.47 Å². The summed E-state index contributed by atoms with van der Waals surface area (Å²) in [6.07, 6.45) is 2.34. The Labute approximate surface area is 251 Å². The van der Waals surface area contributed by atoms with Crippen LogP contribution in [-0.2, 0) is 21.8 Å². The van der Waals surface area contributed by atoms with Gasteiger partial charge in [0.25, 0.3) is 5.78 Å². The second-order valence-electron chi connectivity index (χ2n) is 9.92. The number of anilines is 1. The number of aliphatic hydroxyl groups is 1. The van der Waals surface area contributed by atoms with Crippen LogP contribution in [0.4, 0.5) is 5.13 Å². The van der Waals surface area contributed by atoms with Crippen molar-refractivity contribution < 1.29 is 24.2 Å². The van der Waals surface area contributed by atoms with E-state index in [0.717, 1.165) is 16.9 Å². The Bertz CT molecular complexity index is 1700. The summed E-state index contributed by atoms with van der Waals surface area (Å²) in [4.78, 5) is 28.6. The maximum atomic E-state index is 13.6. The number of ether oxygens (including phenoxy) is 2. The number of carbonyl (C=O) groups is 2. The highest BCUT2D eigenvalue weighted by Crippen LogP contribution is 2.45. The number of amides is 1. The Balaban J connectivity index is 1.41. The van der Waals surface area contributed by atoms with Crippen molar-refractivity contribution in [3.63, 3.8) is 0 Å². The van der Waals surface area contributed by atoms with E-state index in [0.29, 0.717) is 33.4 Å². The van der Waals surface area contributed by atoms with Gasteiger partial charge in [-0.3, -0.25) is 14.5 Å². The smallest absolute Gasteiger partial charge is 0.301 e. The van der Waals surface area contributed by atoms with Crippen LogP contribution >= 0.6 is 23.1 Å². The molecule has 10 heteroatoms. The number of thioether (sulfide) groups is 1. The lowest BCUT2D eigenvalue weighted by molar-refractivity contribution is -0.132. The maximum absolute atomic E-state index is 13.6. The van der Waals surface area contributed by atoms with E-state index in [9.17, 15) is 14.7 Å². The summed E-state index contributed by atoms with van der Waals surface area (Å²) in [7, 11) is 0. The monoisotopic (exact) mass is 597 g/mol. The molecule has 0 bridgehead atoms. The zero-order valence-electron chi connectivity index (χ0n) is 22.7. The summed E-state index contributed by atoms with van der Waals surface area (Å²) in [6, 6.07) is 21.4. The predicted molar refractivity (Wildman–Crippen MR) is 163 cm³/mol. The van der Waals surface area contributed by atoms with Gasteiger partial charge < -0.3 is 14.6 Å². The Kier molecular flexibility index (Phi) is 7.82. The van der Waals surface area contributed by atoms with E-state index in [-0.39, 0.29) is 29.2 Å². The highest BCUT2D eigenvalue weighted by molar-refractivity contribution is 8.00. The second-order valence-corrected chi connectivity index (χ2v) is 12.1. The molecule has 0 spiro atoms. The van der Waals surface area contributed by atoms with Crippen LogP contribution in [0.2, 0.25) is 0 Å². The van der Waals surface area contributed by atoms with Crippen molar-refractivity contribution >= 4 is 45.7 Å². The molecule has 1 aromatic heterocycles. The van der Waals surface area contributed by atoms with Gasteiger partial charge in [-0.25, -0.2) is 0 Å². The third-order valence-corrected chi connectivity index (χ3v) is 9.09. The summed E-state index contributed by atoms with van der Waals surface area (Å²) in [6.45, 7) is 5.96. The van der Waals surface area contributed by atoms with Crippen molar-refractivity contribution in [3.05, 3.63) is 113 Å². The van der Waals surface area contributed by atoms with Crippen LogP contribution in [0.25, 0.3) is 5.76 Å². The lowest BCUT2D eigenvalue weighted by Crippen LogP contribution is -2.29. The lowest BCUT2D eigenvalue weighted by Gasteiger charge is -2.23. The minimum Gasteiger partial charge on any atom is -0.507 e. The SMILES string of the molecule is C=CCOc1cccc([C@@H]2C(=C(O)c3ccc4c(c3)C[C@H](C)O4)C(=O)C(=O)N2c2nnc(SCc3ccccc3)s2)c1. The van der Waals surface area contributed by atoms with E-state index in [1.165, 1.54) is 28.0 Å². The van der Waals surface area contributed by atoms with E-state index >= 15 is 0 Å². The Morgan fingerprint density at radius 1 is 1.14 bits per heavy atom. The lowest BCUT2D eigenvalue weighted by atomic mass is 9.94. The van der Waals surface area contributed by atoms with Crippen LogP contribution < -0.4 is 14.4 Å². The van der Waals surface area contributed by atoms with Crippen molar-refractivity contribution in [3.8, 4) is 11.5 Å². The summed E-state index contributed by atoms with van der Waals surface area (Å²) >= 11 is 2.72. The van der Waals surface area contributed by atoms with Gasteiger partial charge in [0.2, 0.25) is 5.13 Å². The number of benzene rings is 3. The first-order valence-corrected chi connectivity index (χ1v) is 15.2. The fraction of sp³-hybridized carbons (Fsp3) is 0.188. The van der Waals surface area contributed by atoms with E-state index < -0.39 is 17.7 Å². The number of carbonyl (C=O) groups excluding carboxylic acids is 2. The van der Waals surface area contributed by atoms with Crippen molar-refractivity contribution in [2.75, 3.05) is 11.5 Å². The first-order valence-electron chi connectivity index (χ1n) is 13.4. The van der Waals surface area contributed by atoms with Crippen LogP contribution in [0.5, 0.6) is 11.5 Å². The van der Waals surface area contributed by atoms with E-state index in [1.807, 2.05) is 43.3 Å². The Hall–Kier alpha value is -4.41. The molecule has 2 aliphatic heterocycles. The van der Waals surface area contributed by atoms with Crippen molar-refractivity contribution in [1.29, 1.82) is 0 Å². The number of aliphatic hydroxyl groups excluding tert-OH is 1. The standard InChI is InChI=1S/C32H27N3O5S2/c1-3-14-39-24-11-7-10-21(17-24)27-26(28(36)22-12-13-25-23(16-22)15-19(2)40-25)29(37)30(38)35(27)31-33-34-32(42-31)41-18-20-8-5-4-6-9-20/h3-13,16-17,19,27,36H,1,14-15,18H2,2H3/t19-,27+/m0/s1. The summed E-state index contributed by atoms with van der Waals surface area (Å²) in [5.41, 5.74) is 3.06. The maximum Gasteiger partial charge on any atom is 0.301 e. The number of hydrogen-bond acceptors (Lipinski definition) is 9. The average molecular weight is 598 g/mol. The molecule has 4 aromatic rings. The summed E-state index contributed by atoms with van der Waals surface area (Å²) < 4.78 is 12.2.